The van der Waals surface area contributed by atoms with Crippen molar-refractivity contribution in [3.63, 3.8) is 0 Å². The molecule has 1 aliphatic heterocycles. The van der Waals surface area contributed by atoms with E-state index in [1.165, 1.54) is 4.68 Å². The molecule has 2 aliphatic rings. The highest BCUT2D eigenvalue weighted by Crippen LogP contribution is 2.36. The summed E-state index contributed by atoms with van der Waals surface area (Å²) in [4.78, 5) is 34.5. The third-order valence-electron chi connectivity index (χ3n) is 6.41. The number of fused-ring (bicyclic) bond motifs is 1. The zero-order valence-electron chi connectivity index (χ0n) is 21.2. The summed E-state index contributed by atoms with van der Waals surface area (Å²) in [5.41, 5.74) is 2.19. The van der Waals surface area contributed by atoms with Crippen molar-refractivity contribution < 1.29 is 14.3 Å². The van der Waals surface area contributed by atoms with E-state index in [1.807, 2.05) is 37.8 Å². The average Bonchev–Trinajstić information content (AvgIpc) is 3.27. The lowest BCUT2D eigenvalue weighted by molar-refractivity contribution is 0.0240. The van der Waals surface area contributed by atoms with Crippen molar-refractivity contribution in [1.29, 1.82) is 0 Å². The molecule has 1 aromatic carbocycles. The number of benzene rings is 1. The molecule has 0 spiro atoms. The highest BCUT2D eigenvalue weighted by molar-refractivity contribution is 6.30. The van der Waals surface area contributed by atoms with Gasteiger partial charge in [-0.3, -0.25) is 9.78 Å². The number of carbonyl (C=O) groups excluding carboxylic acids is 1. The molecule has 1 unspecified atom stereocenters. The van der Waals surface area contributed by atoms with Crippen molar-refractivity contribution in [2.45, 2.75) is 45.3 Å². The molecule has 1 amide bonds. The third kappa shape index (κ3) is 5.41. The number of amides is 1. The molecule has 1 aliphatic carbocycles. The molecule has 10 heteroatoms. The van der Waals surface area contributed by atoms with Gasteiger partial charge in [0.2, 0.25) is 5.75 Å². The molecule has 194 valence electrons. The van der Waals surface area contributed by atoms with Crippen molar-refractivity contribution in [2.24, 2.45) is 0 Å². The Hall–Kier alpha value is -3.59. The fourth-order valence-corrected chi connectivity index (χ4v) is 4.83. The van der Waals surface area contributed by atoms with E-state index in [4.69, 9.17) is 21.1 Å². The van der Waals surface area contributed by atoms with Crippen LogP contribution in [0.15, 0.2) is 53.6 Å². The van der Waals surface area contributed by atoms with Crippen LogP contribution in [0.5, 0.6) is 5.75 Å². The summed E-state index contributed by atoms with van der Waals surface area (Å²) in [6.07, 6.45) is 4.29. The molecule has 0 saturated carbocycles. The highest BCUT2D eigenvalue weighted by Gasteiger charge is 2.31. The normalized spacial score (nSPS) is 17.5. The topological polar surface area (TPSA) is 89.8 Å². The molecule has 5 rings (SSSR count). The molecule has 0 radical (unpaired) electrons. The maximum Gasteiger partial charge on any atom is 0.410 e. The lowest BCUT2D eigenvalue weighted by Gasteiger charge is -2.37. The number of aromatic nitrogens is 3. The molecule has 0 N–H and O–H groups in total. The van der Waals surface area contributed by atoms with Gasteiger partial charge in [-0.05, 0) is 63.4 Å². The predicted octanol–water partition coefficient (Wildman–Crippen LogP) is 4.40. The van der Waals surface area contributed by atoms with Gasteiger partial charge in [-0.1, -0.05) is 23.7 Å². The number of hydrogen-bond donors (Lipinski definition) is 0. The summed E-state index contributed by atoms with van der Waals surface area (Å²) in [5.74, 6) is 0.212. The van der Waals surface area contributed by atoms with Crippen LogP contribution in [0.2, 0.25) is 5.02 Å². The molecule has 1 atom stereocenters. The van der Waals surface area contributed by atoms with E-state index < -0.39 is 5.60 Å². The quantitative estimate of drug-likeness (QED) is 0.500. The molecule has 1 fully saturated rings. The number of anilines is 1. The van der Waals surface area contributed by atoms with Crippen LogP contribution < -0.4 is 15.2 Å². The van der Waals surface area contributed by atoms with E-state index in [0.29, 0.717) is 42.6 Å². The van der Waals surface area contributed by atoms with E-state index >= 15 is 0 Å². The Bertz CT molecular complexity index is 1360. The van der Waals surface area contributed by atoms with Crippen LogP contribution >= 0.6 is 11.6 Å². The smallest absolute Gasteiger partial charge is 0.410 e. The summed E-state index contributed by atoms with van der Waals surface area (Å²) in [5, 5.41) is 4.95. The van der Waals surface area contributed by atoms with E-state index in [1.54, 1.807) is 41.6 Å². The second-order valence-electron chi connectivity index (χ2n) is 10.2. The first kappa shape index (κ1) is 25.1. The number of ether oxygens (including phenoxy) is 2. The number of rotatable bonds is 4. The first-order chi connectivity index (χ1) is 17.7. The summed E-state index contributed by atoms with van der Waals surface area (Å²) in [6, 6.07) is 10.9. The minimum atomic E-state index is -0.560. The van der Waals surface area contributed by atoms with Gasteiger partial charge >= 0.3 is 11.7 Å². The molecule has 37 heavy (non-hydrogen) atoms. The van der Waals surface area contributed by atoms with Gasteiger partial charge in [0.25, 0.3) is 0 Å². The minimum Gasteiger partial charge on any atom is -0.476 e. The van der Waals surface area contributed by atoms with E-state index in [9.17, 15) is 9.59 Å². The average molecular weight is 524 g/mol. The van der Waals surface area contributed by atoms with Gasteiger partial charge in [0.15, 0.2) is 0 Å². The van der Waals surface area contributed by atoms with Crippen LogP contribution in [0.4, 0.5) is 10.5 Å². The number of halogens is 1. The predicted molar refractivity (Wildman–Crippen MR) is 141 cm³/mol. The zero-order chi connectivity index (χ0) is 26.2. The van der Waals surface area contributed by atoms with Crippen LogP contribution in [-0.2, 0) is 11.2 Å². The highest BCUT2D eigenvalue weighted by atomic mass is 35.5. The van der Waals surface area contributed by atoms with Gasteiger partial charge in [-0.15, -0.1) is 0 Å². The Kier molecular flexibility index (Phi) is 6.81. The molecule has 0 bridgehead atoms. The molecular formula is C27H30ClN5O4. The fraction of sp³-hybridized carbons (Fsp3) is 0.407. The lowest BCUT2D eigenvalue weighted by atomic mass is 10.2. The Morgan fingerprint density at radius 1 is 1.11 bits per heavy atom. The Morgan fingerprint density at radius 2 is 1.89 bits per heavy atom. The number of nitrogens with zero attached hydrogens (tertiary/aromatic N) is 5. The summed E-state index contributed by atoms with van der Waals surface area (Å²) in [7, 11) is 0. The van der Waals surface area contributed by atoms with Crippen molar-refractivity contribution >= 4 is 23.4 Å². The molecule has 9 nitrogen and oxygen atoms in total. The van der Waals surface area contributed by atoms with Gasteiger partial charge in [0, 0.05) is 37.4 Å². The summed E-state index contributed by atoms with van der Waals surface area (Å²) in [6.45, 7) is 7.48. The van der Waals surface area contributed by atoms with Gasteiger partial charge < -0.3 is 19.3 Å². The third-order valence-corrected chi connectivity index (χ3v) is 6.64. The van der Waals surface area contributed by atoms with E-state index in [0.717, 1.165) is 24.1 Å². The standard InChI is InChI=1S/C27H30ClN5O4/c1-27(2,3)37-26(35)32-14-12-31(13-15-32)21-17-30-33(20-8-4-7-19(28)16-20)25(34)24(21)36-22-10-9-18-6-5-11-29-23(18)22/h4-8,11,16-17,22H,9-10,12-15H2,1-3H3. The summed E-state index contributed by atoms with van der Waals surface area (Å²) < 4.78 is 13.3. The van der Waals surface area contributed by atoms with Gasteiger partial charge in [0.1, 0.15) is 17.4 Å². The minimum absolute atomic E-state index is 0.212. The second kappa shape index (κ2) is 10.0. The van der Waals surface area contributed by atoms with Crippen LogP contribution in [0.3, 0.4) is 0 Å². The van der Waals surface area contributed by atoms with Gasteiger partial charge in [0.05, 0.1) is 17.6 Å². The Labute approximate surface area is 220 Å². The summed E-state index contributed by atoms with van der Waals surface area (Å²) >= 11 is 6.18. The van der Waals surface area contributed by atoms with Crippen molar-refractivity contribution in [2.75, 3.05) is 31.1 Å². The number of pyridine rings is 1. The molecule has 3 heterocycles. The molecule has 1 saturated heterocycles. The maximum atomic E-state index is 13.8. The number of piperazine rings is 1. The Balaban J connectivity index is 1.46. The second-order valence-corrected chi connectivity index (χ2v) is 10.6. The van der Waals surface area contributed by atoms with Crippen LogP contribution in [0.25, 0.3) is 5.69 Å². The zero-order valence-corrected chi connectivity index (χ0v) is 21.9. The molecule has 2 aromatic heterocycles. The Morgan fingerprint density at radius 3 is 2.62 bits per heavy atom. The number of aryl methyl sites for hydroxylation is 1. The fourth-order valence-electron chi connectivity index (χ4n) is 4.65. The van der Waals surface area contributed by atoms with Crippen LogP contribution in [0, 0.1) is 0 Å². The van der Waals surface area contributed by atoms with Crippen molar-refractivity contribution in [3.8, 4) is 11.4 Å². The number of hydrogen-bond acceptors (Lipinski definition) is 7. The van der Waals surface area contributed by atoms with Crippen molar-refractivity contribution in [1.82, 2.24) is 19.7 Å². The van der Waals surface area contributed by atoms with Crippen LogP contribution in [0.1, 0.15) is 44.6 Å². The first-order valence-electron chi connectivity index (χ1n) is 12.4. The van der Waals surface area contributed by atoms with Crippen LogP contribution in [-0.4, -0.2) is 57.5 Å². The SMILES string of the molecule is CC(C)(C)OC(=O)N1CCN(c2cnn(-c3cccc(Cl)c3)c(=O)c2OC2CCc3cccnc32)CC1. The monoisotopic (exact) mass is 523 g/mol. The maximum absolute atomic E-state index is 13.8. The number of carbonyl (C=O) groups is 1. The molecule has 3 aromatic rings. The lowest BCUT2D eigenvalue weighted by Crippen LogP contribution is -2.50. The van der Waals surface area contributed by atoms with E-state index in [-0.39, 0.29) is 23.5 Å². The van der Waals surface area contributed by atoms with Crippen molar-refractivity contribution in [3.05, 3.63) is 75.4 Å². The van der Waals surface area contributed by atoms with E-state index in [2.05, 4.69) is 10.1 Å². The largest absolute Gasteiger partial charge is 0.476 e. The van der Waals surface area contributed by atoms with Gasteiger partial charge in [-0.25, -0.2) is 4.79 Å². The first-order valence-corrected chi connectivity index (χ1v) is 12.8. The molecular weight excluding hydrogens is 494 g/mol. The van der Waals surface area contributed by atoms with Gasteiger partial charge in [-0.2, -0.15) is 9.78 Å².